The molecule has 0 bridgehead atoms. The summed E-state index contributed by atoms with van der Waals surface area (Å²) in [6, 6.07) is 15.6. The second-order valence-electron chi connectivity index (χ2n) is 10.7. The molecule has 1 aliphatic heterocycles. The van der Waals surface area contributed by atoms with Crippen molar-refractivity contribution in [3.63, 3.8) is 0 Å². The number of nitrogens with zero attached hydrogens (tertiary/aromatic N) is 1. The van der Waals surface area contributed by atoms with Crippen LogP contribution in [0.25, 0.3) is 0 Å². The number of hydrogen-bond acceptors (Lipinski definition) is 6. The summed E-state index contributed by atoms with van der Waals surface area (Å²) in [5, 5.41) is -0.0429. The largest absolute Gasteiger partial charge is 0.487 e. The Morgan fingerprint density at radius 1 is 1.12 bits per heavy atom. The molecule has 0 radical (unpaired) electrons. The van der Waals surface area contributed by atoms with Crippen LogP contribution in [0.3, 0.4) is 0 Å². The Bertz CT molecular complexity index is 1050. The number of nitrogen functional groups attached to an aromatic ring is 1. The van der Waals surface area contributed by atoms with Crippen molar-refractivity contribution < 1.29 is 18.7 Å². The molecule has 0 saturated heterocycles. The number of rotatable bonds is 8. The summed E-state index contributed by atoms with van der Waals surface area (Å²) in [4.78, 5) is 17.8. The molecule has 0 spiro atoms. The van der Waals surface area contributed by atoms with Crippen LogP contribution in [-0.2, 0) is 20.6 Å². The molecule has 2 aromatic carbocycles. The van der Waals surface area contributed by atoms with Crippen LogP contribution in [0.5, 0.6) is 5.75 Å². The molecule has 0 aromatic heterocycles. The van der Waals surface area contributed by atoms with Crippen LogP contribution in [-0.4, -0.2) is 46.2 Å². The first-order valence-electron chi connectivity index (χ1n) is 11.7. The van der Waals surface area contributed by atoms with Gasteiger partial charge >= 0.3 is 0 Å². The van der Waals surface area contributed by atoms with E-state index in [0.29, 0.717) is 23.8 Å². The van der Waals surface area contributed by atoms with Crippen LogP contribution >= 0.6 is 0 Å². The third-order valence-corrected chi connectivity index (χ3v) is 11.5. The predicted octanol–water partition coefficient (Wildman–Crippen LogP) is 5.26. The maximum absolute atomic E-state index is 13.1. The van der Waals surface area contributed by atoms with Crippen molar-refractivity contribution in [2.45, 2.75) is 58.5 Å². The highest BCUT2D eigenvalue weighted by molar-refractivity contribution is 6.74. The molecule has 34 heavy (non-hydrogen) atoms. The number of carbonyl (C=O) groups excluding carboxylic acids is 1. The van der Waals surface area contributed by atoms with Gasteiger partial charge in [-0.3, -0.25) is 9.79 Å². The Morgan fingerprint density at radius 3 is 2.41 bits per heavy atom. The van der Waals surface area contributed by atoms with Gasteiger partial charge in [-0.2, -0.15) is 0 Å². The third-order valence-electron chi connectivity index (χ3n) is 7.10. The number of benzene rings is 2. The first-order chi connectivity index (χ1) is 15.9. The van der Waals surface area contributed by atoms with E-state index in [1.165, 1.54) is 0 Å². The summed E-state index contributed by atoms with van der Waals surface area (Å²) < 4.78 is 18.5. The first-order valence-corrected chi connectivity index (χ1v) is 14.6. The number of carbonyl (C=O) groups is 1. The topological polar surface area (TPSA) is 83.1 Å². The highest BCUT2D eigenvalue weighted by atomic mass is 28.4. The van der Waals surface area contributed by atoms with E-state index < -0.39 is 19.8 Å². The zero-order valence-electron chi connectivity index (χ0n) is 21.5. The maximum atomic E-state index is 13.1. The van der Waals surface area contributed by atoms with Gasteiger partial charge in [0.05, 0.1) is 30.0 Å². The number of para-hydroxylation sites is 1. The number of nitrogens with two attached hydrogens (primary N) is 1. The van der Waals surface area contributed by atoms with Gasteiger partial charge in [0.25, 0.3) is 0 Å². The molecule has 2 atom stereocenters. The van der Waals surface area contributed by atoms with E-state index in [9.17, 15) is 4.79 Å². The Labute approximate surface area is 204 Å². The van der Waals surface area contributed by atoms with Gasteiger partial charge in [0.1, 0.15) is 18.5 Å². The molecule has 3 rings (SSSR count). The lowest BCUT2D eigenvalue weighted by Crippen LogP contribution is -2.58. The lowest BCUT2D eigenvalue weighted by atomic mass is 9.75. The van der Waals surface area contributed by atoms with Crippen LogP contribution in [0, 0.1) is 5.41 Å². The molecule has 2 N–H and O–H groups in total. The first kappa shape index (κ1) is 26.1. The van der Waals surface area contributed by atoms with E-state index >= 15 is 0 Å². The lowest BCUT2D eigenvalue weighted by Gasteiger charge is -2.46. The molecular formula is C27H38N2O4Si. The molecule has 0 amide bonds. The van der Waals surface area contributed by atoms with Crippen LogP contribution in [0.1, 0.15) is 38.8 Å². The summed E-state index contributed by atoms with van der Waals surface area (Å²) >= 11 is 0. The fourth-order valence-corrected chi connectivity index (χ4v) is 5.15. The Hall–Kier alpha value is -2.48. The van der Waals surface area contributed by atoms with Gasteiger partial charge in [-0.1, -0.05) is 63.2 Å². The number of ether oxygens (including phenoxy) is 2. The molecule has 0 fully saturated rings. The van der Waals surface area contributed by atoms with Gasteiger partial charge in [0.15, 0.2) is 14.1 Å². The number of aliphatic imine (C=N–C) groups is 1. The quantitative estimate of drug-likeness (QED) is 0.410. The summed E-state index contributed by atoms with van der Waals surface area (Å²) in [6.07, 6.45) is -0.568. The highest BCUT2D eigenvalue weighted by Gasteiger charge is 2.51. The van der Waals surface area contributed by atoms with E-state index in [4.69, 9.17) is 24.6 Å². The summed E-state index contributed by atoms with van der Waals surface area (Å²) in [5.74, 6) is 0.595. The van der Waals surface area contributed by atoms with Crippen LogP contribution in [0.15, 0.2) is 53.5 Å². The van der Waals surface area contributed by atoms with Crippen molar-refractivity contribution in [1.82, 2.24) is 0 Å². The zero-order valence-corrected chi connectivity index (χ0v) is 22.5. The summed E-state index contributed by atoms with van der Waals surface area (Å²) in [7, 11) is -0.655. The zero-order chi connectivity index (χ0) is 25.1. The number of ketones is 1. The summed E-state index contributed by atoms with van der Waals surface area (Å²) in [6.45, 7) is 13.5. The average Bonchev–Trinajstić information content (AvgIpc) is 2.77. The van der Waals surface area contributed by atoms with Gasteiger partial charge in [0, 0.05) is 12.7 Å². The fourth-order valence-electron chi connectivity index (χ4n) is 3.84. The Morgan fingerprint density at radius 2 is 1.79 bits per heavy atom. The third kappa shape index (κ3) is 5.27. The van der Waals surface area contributed by atoms with Crippen molar-refractivity contribution in [2.75, 3.05) is 26.0 Å². The van der Waals surface area contributed by atoms with Crippen LogP contribution < -0.4 is 10.5 Å². The van der Waals surface area contributed by atoms with Crippen molar-refractivity contribution >= 4 is 25.5 Å². The SMILES string of the molecule is COCC1(C)C(=O)CN=C(c2cccc(OCc3ccccc3)c2N)C1O[Si](C)(C)C(C)(C)C. The molecule has 184 valence electrons. The average molecular weight is 483 g/mol. The fraction of sp³-hybridized carbons (Fsp3) is 0.481. The molecule has 2 aromatic rings. The van der Waals surface area contributed by atoms with Gasteiger partial charge in [0.2, 0.25) is 0 Å². The highest BCUT2D eigenvalue weighted by Crippen LogP contribution is 2.43. The molecule has 7 heteroatoms. The van der Waals surface area contributed by atoms with Crippen molar-refractivity contribution in [1.29, 1.82) is 0 Å². The van der Waals surface area contributed by atoms with Gasteiger partial charge in [-0.15, -0.1) is 0 Å². The minimum atomic E-state index is -2.27. The van der Waals surface area contributed by atoms with E-state index in [0.717, 1.165) is 11.1 Å². The Balaban J connectivity index is 2.02. The maximum Gasteiger partial charge on any atom is 0.193 e. The van der Waals surface area contributed by atoms with Gasteiger partial charge in [-0.05, 0) is 36.7 Å². The summed E-state index contributed by atoms with van der Waals surface area (Å²) in [5.41, 5.74) is 8.73. The number of hydrogen-bond donors (Lipinski definition) is 1. The number of Topliss-reactive ketones (excluding diaryl/α,β-unsaturated/α-hetero) is 1. The second-order valence-corrected chi connectivity index (χ2v) is 15.5. The Kier molecular flexibility index (Phi) is 7.70. The van der Waals surface area contributed by atoms with E-state index in [1.807, 2.05) is 55.5 Å². The molecule has 1 aliphatic rings. The molecule has 1 heterocycles. The van der Waals surface area contributed by atoms with Crippen molar-refractivity contribution in [2.24, 2.45) is 10.4 Å². The van der Waals surface area contributed by atoms with Crippen LogP contribution in [0.2, 0.25) is 18.1 Å². The van der Waals surface area contributed by atoms with Crippen molar-refractivity contribution in [3.05, 3.63) is 59.7 Å². The van der Waals surface area contributed by atoms with Crippen molar-refractivity contribution in [3.8, 4) is 5.75 Å². The molecular weight excluding hydrogens is 444 g/mol. The minimum Gasteiger partial charge on any atom is -0.487 e. The predicted molar refractivity (Wildman–Crippen MR) is 140 cm³/mol. The monoisotopic (exact) mass is 482 g/mol. The minimum absolute atomic E-state index is 0.0110. The molecule has 0 saturated carbocycles. The van der Waals surface area contributed by atoms with E-state index in [1.54, 1.807) is 7.11 Å². The molecule has 6 nitrogen and oxygen atoms in total. The normalized spacial score (nSPS) is 21.3. The molecule has 2 unspecified atom stereocenters. The number of methoxy groups -OCH3 is 1. The van der Waals surface area contributed by atoms with Crippen LogP contribution in [0.4, 0.5) is 5.69 Å². The lowest BCUT2D eigenvalue weighted by molar-refractivity contribution is -0.134. The van der Waals surface area contributed by atoms with Gasteiger partial charge in [-0.25, -0.2) is 0 Å². The van der Waals surface area contributed by atoms with Gasteiger partial charge < -0.3 is 19.6 Å². The van der Waals surface area contributed by atoms with E-state index in [-0.39, 0.29) is 24.0 Å². The smallest absolute Gasteiger partial charge is 0.193 e. The molecule has 0 aliphatic carbocycles. The standard InChI is InChI=1S/C27H38N2O4Si/c1-26(2,3)34(6,7)33-25-24(29-16-22(30)27(25,4)18-31-5)20-14-11-15-21(23(20)28)32-17-19-12-9-8-10-13-19/h8-15,25H,16-18,28H2,1-7H3. The van der Waals surface area contributed by atoms with E-state index in [2.05, 4.69) is 33.9 Å². The second kappa shape index (κ2) is 10.0. The number of anilines is 1.